The van der Waals surface area contributed by atoms with E-state index in [0.717, 1.165) is 44.9 Å². The number of allylic oxidation sites excluding steroid dienone is 7. The molecule has 470 valence electrons. The van der Waals surface area contributed by atoms with Crippen LogP contribution in [0.15, 0.2) is 48.6 Å². The van der Waals surface area contributed by atoms with Crippen molar-refractivity contribution in [1.82, 2.24) is 5.32 Å². The second-order valence-electron chi connectivity index (χ2n) is 24.3. The van der Waals surface area contributed by atoms with Crippen molar-refractivity contribution in [3.05, 3.63) is 48.6 Å². The minimum Gasteiger partial charge on any atom is -0.394 e. The first-order chi connectivity index (χ1) is 39.3. The number of ether oxygens (including phenoxy) is 2. The van der Waals surface area contributed by atoms with E-state index >= 15 is 0 Å². The van der Waals surface area contributed by atoms with Crippen LogP contribution in [-0.2, 0) is 14.3 Å². The summed E-state index contributed by atoms with van der Waals surface area (Å²) in [7, 11) is 0. The van der Waals surface area contributed by atoms with E-state index in [0.29, 0.717) is 6.42 Å². The number of aliphatic hydroxyl groups excluding tert-OH is 5. The molecule has 0 spiro atoms. The number of aliphatic hydroxyl groups is 5. The van der Waals surface area contributed by atoms with Crippen LogP contribution >= 0.6 is 0 Å². The van der Waals surface area contributed by atoms with E-state index in [-0.39, 0.29) is 12.5 Å². The highest BCUT2D eigenvalue weighted by molar-refractivity contribution is 5.76. The molecule has 6 N–H and O–H groups in total. The number of unbranched alkanes of at least 4 members (excludes halogenated alkanes) is 45. The summed E-state index contributed by atoms with van der Waals surface area (Å²) >= 11 is 0. The van der Waals surface area contributed by atoms with Crippen molar-refractivity contribution in [3.8, 4) is 0 Å². The monoisotopic (exact) mass is 1130 g/mol. The first-order valence-electron chi connectivity index (χ1n) is 34.9. The smallest absolute Gasteiger partial charge is 0.220 e. The molecular weight excluding hydrogens is 995 g/mol. The molecule has 0 aromatic rings. The normalized spacial score (nSPS) is 18.7. The summed E-state index contributed by atoms with van der Waals surface area (Å²) in [5.74, 6) is -0.187. The van der Waals surface area contributed by atoms with Gasteiger partial charge in [-0.15, -0.1) is 0 Å². The lowest BCUT2D eigenvalue weighted by Crippen LogP contribution is -2.60. The van der Waals surface area contributed by atoms with Crippen LogP contribution in [0.2, 0.25) is 0 Å². The standard InChI is InChI=1S/C71H133NO8/c1-3-5-7-9-11-13-15-17-19-21-23-25-27-29-30-31-32-33-34-35-37-38-40-42-44-46-48-50-52-54-56-58-60-65(74)64(63-79-71-70(78)69(77)68(76)66(62-73)80-71)72-67(75)61-59-57-55-53-51-49-47-45-43-41-39-36-28-26-24-22-20-18-16-14-12-10-8-6-4-2/h22,24,42,44,50,52,58,60,64-66,68-71,73-74,76-78H,3-21,23,25-41,43,45-49,51,53-57,59,61-63H2,1-2H3,(H,72,75)/b24-22-,44-42+,52-50+,60-58+. The zero-order valence-electron chi connectivity index (χ0n) is 52.6. The lowest BCUT2D eigenvalue weighted by atomic mass is 9.99. The molecule has 9 nitrogen and oxygen atoms in total. The van der Waals surface area contributed by atoms with Crippen molar-refractivity contribution in [2.75, 3.05) is 13.2 Å². The Labute approximate surface area is 494 Å². The van der Waals surface area contributed by atoms with Crippen LogP contribution in [0.1, 0.15) is 341 Å². The predicted octanol–water partition coefficient (Wildman–Crippen LogP) is 18.8. The van der Waals surface area contributed by atoms with Gasteiger partial charge in [0.25, 0.3) is 0 Å². The third kappa shape index (κ3) is 48.5. The van der Waals surface area contributed by atoms with Crippen LogP contribution in [0.3, 0.4) is 0 Å². The van der Waals surface area contributed by atoms with Gasteiger partial charge in [-0.25, -0.2) is 0 Å². The number of amides is 1. The van der Waals surface area contributed by atoms with E-state index in [1.165, 1.54) is 276 Å². The molecule has 0 saturated carbocycles. The lowest BCUT2D eigenvalue weighted by Gasteiger charge is -2.40. The van der Waals surface area contributed by atoms with Crippen LogP contribution in [-0.4, -0.2) is 87.5 Å². The first-order valence-corrected chi connectivity index (χ1v) is 34.9. The number of hydrogen-bond donors (Lipinski definition) is 6. The molecule has 1 aliphatic heterocycles. The zero-order chi connectivity index (χ0) is 57.9. The number of hydrogen-bond acceptors (Lipinski definition) is 8. The molecular formula is C71H133NO8. The Kier molecular flexibility index (Phi) is 57.4. The molecule has 1 fully saturated rings. The van der Waals surface area contributed by atoms with Crippen molar-refractivity contribution < 1.29 is 39.8 Å². The van der Waals surface area contributed by atoms with Crippen molar-refractivity contribution in [1.29, 1.82) is 0 Å². The maximum atomic E-state index is 13.1. The van der Waals surface area contributed by atoms with Crippen molar-refractivity contribution >= 4 is 5.91 Å². The van der Waals surface area contributed by atoms with E-state index in [1.54, 1.807) is 6.08 Å². The Morgan fingerprint density at radius 1 is 0.412 bits per heavy atom. The van der Waals surface area contributed by atoms with E-state index in [4.69, 9.17) is 9.47 Å². The van der Waals surface area contributed by atoms with Crippen molar-refractivity contribution in [2.24, 2.45) is 0 Å². The van der Waals surface area contributed by atoms with Crippen molar-refractivity contribution in [2.45, 2.75) is 384 Å². The minimum atomic E-state index is -1.58. The fraction of sp³-hybridized carbons (Fsp3) is 0.873. The molecule has 0 aliphatic carbocycles. The fourth-order valence-electron chi connectivity index (χ4n) is 11.1. The van der Waals surface area contributed by atoms with E-state index in [9.17, 15) is 30.3 Å². The molecule has 9 heteroatoms. The summed E-state index contributed by atoms with van der Waals surface area (Å²) in [5.41, 5.74) is 0. The van der Waals surface area contributed by atoms with Gasteiger partial charge in [-0.3, -0.25) is 4.79 Å². The van der Waals surface area contributed by atoms with E-state index in [1.807, 2.05) is 6.08 Å². The topological polar surface area (TPSA) is 149 Å². The van der Waals surface area contributed by atoms with Gasteiger partial charge in [0.1, 0.15) is 24.4 Å². The first kappa shape index (κ1) is 76.2. The Hall–Kier alpha value is -1.85. The Balaban J connectivity index is 2.17. The van der Waals surface area contributed by atoms with Gasteiger partial charge in [0.15, 0.2) is 6.29 Å². The predicted molar refractivity (Wildman–Crippen MR) is 341 cm³/mol. The number of carbonyl (C=O) groups excluding carboxylic acids is 1. The average molecular weight is 1130 g/mol. The van der Waals surface area contributed by atoms with Gasteiger partial charge in [-0.1, -0.05) is 313 Å². The summed E-state index contributed by atoms with van der Waals surface area (Å²) < 4.78 is 11.3. The highest BCUT2D eigenvalue weighted by atomic mass is 16.7. The summed E-state index contributed by atoms with van der Waals surface area (Å²) in [6.45, 7) is 3.80. The molecule has 7 atom stereocenters. The lowest BCUT2D eigenvalue weighted by molar-refractivity contribution is -0.302. The van der Waals surface area contributed by atoms with Gasteiger partial charge in [0, 0.05) is 6.42 Å². The number of carbonyl (C=O) groups is 1. The Morgan fingerprint density at radius 3 is 1.05 bits per heavy atom. The van der Waals surface area contributed by atoms with E-state index < -0.39 is 49.5 Å². The van der Waals surface area contributed by atoms with Crippen LogP contribution in [0.5, 0.6) is 0 Å². The van der Waals surface area contributed by atoms with Crippen LogP contribution in [0.25, 0.3) is 0 Å². The van der Waals surface area contributed by atoms with Crippen LogP contribution < -0.4 is 5.32 Å². The van der Waals surface area contributed by atoms with E-state index in [2.05, 4.69) is 55.6 Å². The molecule has 1 heterocycles. The summed E-state index contributed by atoms with van der Waals surface area (Å²) in [4.78, 5) is 13.1. The fourth-order valence-corrected chi connectivity index (χ4v) is 11.1. The molecule has 1 amide bonds. The summed E-state index contributed by atoms with van der Waals surface area (Å²) in [5, 5.41) is 54.7. The second-order valence-corrected chi connectivity index (χ2v) is 24.3. The maximum absolute atomic E-state index is 13.1. The summed E-state index contributed by atoms with van der Waals surface area (Å²) in [6, 6.07) is -0.830. The zero-order valence-corrected chi connectivity index (χ0v) is 52.6. The molecule has 1 saturated heterocycles. The molecule has 0 aromatic heterocycles. The van der Waals surface area contributed by atoms with Crippen molar-refractivity contribution in [3.63, 3.8) is 0 Å². The third-order valence-electron chi connectivity index (χ3n) is 16.6. The number of nitrogens with one attached hydrogen (secondary N) is 1. The highest BCUT2D eigenvalue weighted by Crippen LogP contribution is 2.23. The number of rotatable bonds is 61. The molecule has 80 heavy (non-hydrogen) atoms. The van der Waals surface area contributed by atoms with Crippen LogP contribution in [0.4, 0.5) is 0 Å². The molecule has 1 rings (SSSR count). The molecule has 0 bridgehead atoms. The Morgan fingerprint density at radius 2 is 0.713 bits per heavy atom. The van der Waals surface area contributed by atoms with Gasteiger partial charge in [-0.2, -0.15) is 0 Å². The van der Waals surface area contributed by atoms with Crippen LogP contribution in [0, 0.1) is 0 Å². The maximum Gasteiger partial charge on any atom is 0.220 e. The quantitative estimate of drug-likeness (QED) is 0.0261. The van der Waals surface area contributed by atoms with Gasteiger partial charge < -0.3 is 40.3 Å². The van der Waals surface area contributed by atoms with Gasteiger partial charge >= 0.3 is 0 Å². The second kappa shape index (κ2) is 60.3. The molecule has 0 aromatic carbocycles. The SMILES string of the molecule is CCCCCCCCCC/C=C\CCCCCCCCCCCCCCCC(=O)NC(COC1OC(CO)C(O)C(O)C1O)C(O)/C=C/CC/C=C/CC/C=C/CCCCCCCCCCCCCCCCCCCCCCCC. The molecule has 7 unspecified atom stereocenters. The van der Waals surface area contributed by atoms with Gasteiger partial charge in [0.05, 0.1) is 25.4 Å². The minimum absolute atomic E-state index is 0.187. The average Bonchev–Trinajstić information content (AvgIpc) is 3.46. The molecule has 0 radical (unpaired) electrons. The Bertz CT molecular complexity index is 1400. The largest absolute Gasteiger partial charge is 0.394 e. The third-order valence-corrected chi connectivity index (χ3v) is 16.6. The molecule has 1 aliphatic rings. The summed E-state index contributed by atoms with van der Waals surface area (Å²) in [6.07, 6.45) is 75.1. The van der Waals surface area contributed by atoms with Gasteiger partial charge in [0.2, 0.25) is 5.91 Å². The van der Waals surface area contributed by atoms with Gasteiger partial charge in [-0.05, 0) is 70.6 Å². The highest BCUT2D eigenvalue weighted by Gasteiger charge is 2.44.